The quantitative estimate of drug-likeness (QED) is 0.729. The third-order valence-corrected chi connectivity index (χ3v) is 3.01. The Balaban J connectivity index is 1.73. The Bertz CT molecular complexity index is 639. The molecule has 5 heteroatoms. The van der Waals surface area contributed by atoms with Gasteiger partial charge in [-0.3, -0.25) is 0 Å². The molecule has 5 nitrogen and oxygen atoms in total. The molecule has 0 amide bonds. The van der Waals surface area contributed by atoms with Gasteiger partial charge in [0, 0.05) is 19.4 Å². The van der Waals surface area contributed by atoms with Gasteiger partial charge in [-0.15, -0.1) is 0 Å². The molecule has 2 aromatic heterocycles. The molecule has 0 fully saturated rings. The van der Waals surface area contributed by atoms with Gasteiger partial charge in [-0.25, -0.2) is 9.97 Å². The summed E-state index contributed by atoms with van der Waals surface area (Å²) in [5, 5.41) is 3.33. The molecule has 2 heterocycles. The molecule has 0 spiro atoms. The van der Waals surface area contributed by atoms with Crippen LogP contribution in [0.2, 0.25) is 0 Å². The molecule has 1 aromatic carbocycles. The summed E-state index contributed by atoms with van der Waals surface area (Å²) in [4.78, 5) is 11.8. The zero-order valence-corrected chi connectivity index (χ0v) is 10.2. The number of hydrogen-bond donors (Lipinski definition) is 2. The molecule has 0 saturated carbocycles. The van der Waals surface area contributed by atoms with Crippen molar-refractivity contribution in [3.8, 4) is 0 Å². The van der Waals surface area contributed by atoms with Crippen LogP contribution < -0.4 is 5.32 Å². The molecular weight excluding hydrogens is 226 g/mol. The molecule has 3 aromatic rings. The Hall–Kier alpha value is -2.14. The molecule has 0 bridgehead atoms. The van der Waals surface area contributed by atoms with Crippen molar-refractivity contribution in [2.45, 2.75) is 13.1 Å². The van der Waals surface area contributed by atoms with Gasteiger partial charge < -0.3 is 14.9 Å². The van der Waals surface area contributed by atoms with Crippen molar-refractivity contribution in [2.24, 2.45) is 7.05 Å². The van der Waals surface area contributed by atoms with Crippen LogP contribution in [0.4, 0.5) is 0 Å². The summed E-state index contributed by atoms with van der Waals surface area (Å²) >= 11 is 0. The van der Waals surface area contributed by atoms with Gasteiger partial charge in [0.15, 0.2) is 0 Å². The molecule has 18 heavy (non-hydrogen) atoms. The van der Waals surface area contributed by atoms with E-state index in [0.717, 1.165) is 35.8 Å². The van der Waals surface area contributed by atoms with Gasteiger partial charge in [0.25, 0.3) is 0 Å². The van der Waals surface area contributed by atoms with Crippen molar-refractivity contribution in [3.05, 3.63) is 48.3 Å². The van der Waals surface area contributed by atoms with Crippen molar-refractivity contribution in [3.63, 3.8) is 0 Å². The topological polar surface area (TPSA) is 58.5 Å². The molecule has 0 saturated heterocycles. The van der Waals surface area contributed by atoms with E-state index in [2.05, 4.69) is 30.9 Å². The van der Waals surface area contributed by atoms with Crippen molar-refractivity contribution in [1.82, 2.24) is 24.8 Å². The second-order valence-corrected chi connectivity index (χ2v) is 4.22. The number of aromatic amines is 1. The third-order valence-electron chi connectivity index (χ3n) is 3.01. The van der Waals surface area contributed by atoms with E-state index in [1.807, 2.05) is 31.4 Å². The lowest BCUT2D eigenvalue weighted by molar-refractivity contribution is 0.627. The van der Waals surface area contributed by atoms with Gasteiger partial charge in [-0.2, -0.15) is 0 Å². The predicted octanol–water partition coefficient (Wildman–Crippen LogP) is 1.59. The van der Waals surface area contributed by atoms with E-state index in [-0.39, 0.29) is 0 Å². The van der Waals surface area contributed by atoms with Crippen LogP contribution in [0.15, 0.2) is 36.7 Å². The number of aryl methyl sites for hydroxylation is 1. The van der Waals surface area contributed by atoms with E-state index in [9.17, 15) is 0 Å². The Morgan fingerprint density at radius 2 is 2.17 bits per heavy atom. The molecule has 0 aliphatic carbocycles. The number of fused-ring (bicyclic) bond motifs is 1. The highest BCUT2D eigenvalue weighted by atomic mass is 15.1. The highest BCUT2D eigenvalue weighted by Gasteiger charge is 2.06. The highest BCUT2D eigenvalue weighted by Crippen LogP contribution is 2.13. The van der Waals surface area contributed by atoms with Crippen molar-refractivity contribution < 1.29 is 0 Å². The van der Waals surface area contributed by atoms with Crippen LogP contribution >= 0.6 is 0 Å². The molecule has 0 radical (unpaired) electrons. The Morgan fingerprint density at radius 1 is 1.28 bits per heavy atom. The molecule has 3 rings (SSSR count). The minimum Gasteiger partial charge on any atom is -0.348 e. The van der Waals surface area contributed by atoms with Crippen LogP contribution in [0.3, 0.4) is 0 Å². The van der Waals surface area contributed by atoms with Gasteiger partial charge in [-0.1, -0.05) is 12.1 Å². The normalized spacial score (nSPS) is 11.2. The maximum atomic E-state index is 4.60. The Morgan fingerprint density at radius 3 is 2.94 bits per heavy atom. The third kappa shape index (κ3) is 2.00. The fraction of sp³-hybridized carbons (Fsp3) is 0.231. The molecule has 0 atom stereocenters. The first kappa shape index (κ1) is 11.0. The van der Waals surface area contributed by atoms with E-state index in [4.69, 9.17) is 0 Å². The van der Waals surface area contributed by atoms with Gasteiger partial charge in [0.1, 0.15) is 11.6 Å². The first-order valence-corrected chi connectivity index (χ1v) is 5.94. The number of para-hydroxylation sites is 2. The van der Waals surface area contributed by atoms with Gasteiger partial charge in [0.2, 0.25) is 0 Å². The number of aromatic nitrogens is 4. The molecule has 0 aliphatic rings. The summed E-state index contributed by atoms with van der Waals surface area (Å²) < 4.78 is 2.12. The van der Waals surface area contributed by atoms with E-state index in [1.54, 1.807) is 6.20 Å². The lowest BCUT2D eigenvalue weighted by atomic mass is 10.3. The zero-order valence-electron chi connectivity index (χ0n) is 10.2. The minimum absolute atomic E-state index is 0.718. The SMILES string of the molecule is Cn1c(CNCc2ncc[nH]2)nc2ccccc21. The standard InChI is InChI=1S/C13H15N5/c1-18-11-5-3-2-4-10(11)17-13(18)9-14-8-12-15-6-7-16-12/h2-7,14H,8-9H2,1H3,(H,15,16). The number of benzene rings is 1. The van der Waals surface area contributed by atoms with Crippen LogP contribution in [-0.4, -0.2) is 19.5 Å². The summed E-state index contributed by atoms with van der Waals surface area (Å²) in [6.45, 7) is 1.45. The van der Waals surface area contributed by atoms with Gasteiger partial charge >= 0.3 is 0 Å². The molecule has 2 N–H and O–H groups in total. The maximum absolute atomic E-state index is 4.60. The average Bonchev–Trinajstić information content (AvgIpc) is 3.00. The largest absolute Gasteiger partial charge is 0.348 e. The predicted molar refractivity (Wildman–Crippen MR) is 69.8 cm³/mol. The number of imidazole rings is 2. The van der Waals surface area contributed by atoms with Crippen molar-refractivity contribution >= 4 is 11.0 Å². The molecule has 0 aliphatic heterocycles. The summed E-state index contributed by atoms with van der Waals surface area (Å²) in [6, 6.07) is 8.16. The van der Waals surface area contributed by atoms with E-state index >= 15 is 0 Å². The second-order valence-electron chi connectivity index (χ2n) is 4.22. The van der Waals surface area contributed by atoms with E-state index in [1.165, 1.54) is 0 Å². The van der Waals surface area contributed by atoms with Gasteiger partial charge in [-0.05, 0) is 12.1 Å². The fourth-order valence-electron chi connectivity index (χ4n) is 2.04. The van der Waals surface area contributed by atoms with Crippen LogP contribution in [0.25, 0.3) is 11.0 Å². The number of rotatable bonds is 4. The van der Waals surface area contributed by atoms with E-state index < -0.39 is 0 Å². The fourth-order valence-corrected chi connectivity index (χ4v) is 2.04. The lowest BCUT2D eigenvalue weighted by Crippen LogP contribution is -2.16. The van der Waals surface area contributed by atoms with Crippen molar-refractivity contribution in [2.75, 3.05) is 0 Å². The first-order valence-electron chi connectivity index (χ1n) is 5.94. The highest BCUT2D eigenvalue weighted by molar-refractivity contribution is 5.75. The Kier molecular flexibility index (Phi) is 2.82. The number of nitrogens with zero attached hydrogens (tertiary/aromatic N) is 3. The van der Waals surface area contributed by atoms with Crippen LogP contribution in [0.1, 0.15) is 11.6 Å². The minimum atomic E-state index is 0.718. The molecule has 92 valence electrons. The lowest BCUT2D eigenvalue weighted by Gasteiger charge is -2.03. The second kappa shape index (κ2) is 4.62. The van der Waals surface area contributed by atoms with Crippen LogP contribution in [0.5, 0.6) is 0 Å². The summed E-state index contributed by atoms with van der Waals surface area (Å²) in [6.07, 6.45) is 3.58. The van der Waals surface area contributed by atoms with Crippen molar-refractivity contribution in [1.29, 1.82) is 0 Å². The van der Waals surface area contributed by atoms with Crippen LogP contribution in [-0.2, 0) is 20.1 Å². The maximum Gasteiger partial charge on any atom is 0.123 e. The Labute approximate surface area is 105 Å². The van der Waals surface area contributed by atoms with E-state index in [0.29, 0.717) is 0 Å². The monoisotopic (exact) mass is 241 g/mol. The number of H-pyrrole nitrogens is 1. The molecule has 0 unspecified atom stereocenters. The summed E-state index contributed by atoms with van der Waals surface area (Å²) in [7, 11) is 2.04. The number of nitrogens with one attached hydrogen (secondary N) is 2. The summed E-state index contributed by atoms with van der Waals surface area (Å²) in [5.41, 5.74) is 2.20. The molecular formula is C13H15N5. The first-order chi connectivity index (χ1) is 8.84. The smallest absolute Gasteiger partial charge is 0.123 e. The van der Waals surface area contributed by atoms with Gasteiger partial charge in [0.05, 0.1) is 24.1 Å². The summed E-state index contributed by atoms with van der Waals surface area (Å²) in [5.74, 6) is 1.97. The average molecular weight is 241 g/mol. The zero-order chi connectivity index (χ0) is 12.4. The number of hydrogen-bond acceptors (Lipinski definition) is 3. The van der Waals surface area contributed by atoms with Crippen LogP contribution in [0, 0.1) is 0 Å².